The molecule has 0 fully saturated rings. The first kappa shape index (κ1) is 12.8. The Bertz CT molecular complexity index is 588. The molecule has 0 aliphatic heterocycles. The van der Waals surface area contributed by atoms with Crippen LogP contribution in [-0.2, 0) is 6.61 Å². The average molecular weight is 278 g/mol. The summed E-state index contributed by atoms with van der Waals surface area (Å²) in [5, 5.41) is 9.74. The number of benzene rings is 2. The molecule has 0 aliphatic carbocycles. The normalized spacial score (nSPS) is 9.83. The topological polar surface area (TPSA) is 33.0 Å². The van der Waals surface area contributed by atoms with E-state index in [1.54, 1.807) is 30.3 Å². The molecule has 0 saturated heterocycles. The van der Waals surface area contributed by atoms with Crippen molar-refractivity contribution in [2.45, 2.75) is 6.61 Å². The number of nitriles is 1. The third-order valence-electron chi connectivity index (χ3n) is 2.37. The molecule has 0 atom stereocenters. The van der Waals surface area contributed by atoms with Gasteiger partial charge in [0.15, 0.2) is 0 Å². The van der Waals surface area contributed by atoms with Crippen LogP contribution in [0.1, 0.15) is 11.1 Å². The Kier molecular flexibility index (Phi) is 4.09. The molecule has 0 aliphatic rings. The molecule has 18 heavy (non-hydrogen) atoms. The van der Waals surface area contributed by atoms with Gasteiger partial charge in [0, 0.05) is 5.02 Å². The summed E-state index contributed by atoms with van der Waals surface area (Å²) in [4.78, 5) is 0. The zero-order chi connectivity index (χ0) is 13.0. The number of hydrogen-bond acceptors (Lipinski definition) is 2. The highest BCUT2D eigenvalue weighted by atomic mass is 35.5. The molecular formula is C14H9Cl2NO. The van der Waals surface area contributed by atoms with E-state index in [4.69, 9.17) is 33.2 Å². The molecule has 0 spiro atoms. The number of halogens is 2. The molecule has 0 radical (unpaired) electrons. The fourth-order valence-corrected chi connectivity index (χ4v) is 1.89. The van der Waals surface area contributed by atoms with Crippen LogP contribution < -0.4 is 4.74 Å². The van der Waals surface area contributed by atoms with Crippen LogP contribution >= 0.6 is 23.2 Å². The van der Waals surface area contributed by atoms with E-state index in [0.29, 0.717) is 28.0 Å². The summed E-state index contributed by atoms with van der Waals surface area (Å²) in [5.41, 5.74) is 1.60. The van der Waals surface area contributed by atoms with Crippen molar-refractivity contribution < 1.29 is 4.74 Å². The Morgan fingerprint density at radius 3 is 2.39 bits per heavy atom. The van der Waals surface area contributed by atoms with E-state index in [1.165, 1.54) is 0 Å². The minimum atomic E-state index is 0.396. The van der Waals surface area contributed by atoms with Crippen LogP contribution in [0.3, 0.4) is 0 Å². The zero-order valence-electron chi connectivity index (χ0n) is 9.36. The molecule has 2 nitrogen and oxygen atoms in total. The molecule has 0 N–H and O–H groups in total. The van der Waals surface area contributed by atoms with Crippen molar-refractivity contribution in [2.75, 3.05) is 0 Å². The minimum absolute atomic E-state index is 0.396. The van der Waals surface area contributed by atoms with Crippen molar-refractivity contribution in [3.8, 4) is 11.8 Å². The van der Waals surface area contributed by atoms with Crippen LogP contribution in [0, 0.1) is 11.3 Å². The fraction of sp³-hybridized carbons (Fsp3) is 0.0714. The lowest BCUT2D eigenvalue weighted by atomic mass is 10.2. The average Bonchev–Trinajstić information content (AvgIpc) is 2.38. The second kappa shape index (κ2) is 5.77. The van der Waals surface area contributed by atoms with Crippen molar-refractivity contribution in [1.29, 1.82) is 5.26 Å². The van der Waals surface area contributed by atoms with Crippen LogP contribution in [0.4, 0.5) is 0 Å². The van der Waals surface area contributed by atoms with Gasteiger partial charge in [0.2, 0.25) is 0 Å². The lowest BCUT2D eigenvalue weighted by molar-refractivity contribution is 0.306. The first-order valence-electron chi connectivity index (χ1n) is 5.26. The second-order valence-electron chi connectivity index (χ2n) is 3.67. The van der Waals surface area contributed by atoms with Crippen LogP contribution in [0.2, 0.25) is 10.0 Å². The largest absolute Gasteiger partial charge is 0.487 e. The van der Waals surface area contributed by atoms with Crippen LogP contribution in [0.25, 0.3) is 0 Å². The van der Waals surface area contributed by atoms with Crippen LogP contribution in [-0.4, -0.2) is 0 Å². The molecule has 2 aromatic carbocycles. The highest BCUT2D eigenvalue weighted by Gasteiger charge is 2.02. The van der Waals surface area contributed by atoms with Gasteiger partial charge in [-0.3, -0.25) is 0 Å². The molecule has 2 aromatic rings. The molecule has 0 bridgehead atoms. The number of hydrogen-bond donors (Lipinski definition) is 0. The maximum Gasteiger partial charge on any atom is 0.138 e. The van der Waals surface area contributed by atoms with E-state index >= 15 is 0 Å². The Morgan fingerprint density at radius 1 is 1.06 bits per heavy atom. The molecule has 0 saturated carbocycles. The minimum Gasteiger partial charge on any atom is -0.487 e. The molecule has 2 rings (SSSR count). The van der Waals surface area contributed by atoms with Crippen molar-refractivity contribution in [3.63, 3.8) is 0 Å². The van der Waals surface area contributed by atoms with E-state index in [9.17, 15) is 0 Å². The fourth-order valence-electron chi connectivity index (χ4n) is 1.43. The second-order valence-corrected chi connectivity index (χ2v) is 4.52. The molecule has 0 aromatic heterocycles. The van der Waals surface area contributed by atoms with Gasteiger partial charge in [-0.25, -0.2) is 0 Å². The Morgan fingerprint density at radius 2 is 1.78 bits per heavy atom. The number of nitrogens with zero attached hydrogens (tertiary/aromatic N) is 1. The van der Waals surface area contributed by atoms with Gasteiger partial charge in [0.05, 0.1) is 16.7 Å². The molecule has 0 heterocycles. The Hall–Kier alpha value is -1.69. The van der Waals surface area contributed by atoms with Gasteiger partial charge in [-0.1, -0.05) is 35.3 Å². The smallest absolute Gasteiger partial charge is 0.138 e. The highest BCUT2D eigenvalue weighted by Crippen LogP contribution is 2.28. The summed E-state index contributed by atoms with van der Waals surface area (Å²) in [6.45, 7) is 0.396. The third-order valence-corrected chi connectivity index (χ3v) is 2.90. The van der Waals surface area contributed by atoms with E-state index in [2.05, 4.69) is 6.07 Å². The van der Waals surface area contributed by atoms with Gasteiger partial charge < -0.3 is 4.74 Å². The van der Waals surface area contributed by atoms with Gasteiger partial charge >= 0.3 is 0 Å². The lowest BCUT2D eigenvalue weighted by Gasteiger charge is -2.08. The maximum absolute atomic E-state index is 8.69. The number of ether oxygens (including phenoxy) is 1. The van der Waals surface area contributed by atoms with Crippen molar-refractivity contribution in [2.24, 2.45) is 0 Å². The molecular weight excluding hydrogens is 269 g/mol. The van der Waals surface area contributed by atoms with Gasteiger partial charge in [-0.2, -0.15) is 5.26 Å². The Balaban J connectivity index is 2.04. The quantitative estimate of drug-likeness (QED) is 0.831. The number of rotatable bonds is 3. The molecule has 90 valence electrons. The summed E-state index contributed by atoms with van der Waals surface area (Å²) in [6.07, 6.45) is 0. The molecule has 0 unspecified atom stereocenters. The highest BCUT2D eigenvalue weighted by molar-refractivity contribution is 6.35. The van der Waals surface area contributed by atoms with Crippen molar-refractivity contribution in [1.82, 2.24) is 0 Å². The lowest BCUT2D eigenvalue weighted by Crippen LogP contribution is -1.95. The molecule has 4 heteroatoms. The predicted octanol–water partition coefficient (Wildman–Crippen LogP) is 4.44. The Labute approximate surface area is 115 Å². The summed E-state index contributed by atoms with van der Waals surface area (Å²) >= 11 is 11.8. The monoisotopic (exact) mass is 277 g/mol. The van der Waals surface area contributed by atoms with E-state index in [0.717, 1.165) is 5.56 Å². The van der Waals surface area contributed by atoms with E-state index in [1.807, 2.05) is 12.1 Å². The summed E-state index contributed by atoms with van der Waals surface area (Å²) in [7, 11) is 0. The summed E-state index contributed by atoms with van der Waals surface area (Å²) < 4.78 is 5.58. The zero-order valence-corrected chi connectivity index (χ0v) is 10.9. The summed E-state index contributed by atoms with van der Waals surface area (Å²) in [5.74, 6) is 0.588. The van der Waals surface area contributed by atoms with Crippen LogP contribution in [0.5, 0.6) is 5.75 Å². The molecule has 0 amide bonds. The maximum atomic E-state index is 8.69. The van der Waals surface area contributed by atoms with Crippen molar-refractivity contribution in [3.05, 3.63) is 63.6 Å². The van der Waals surface area contributed by atoms with Gasteiger partial charge in [-0.15, -0.1) is 0 Å². The first-order valence-corrected chi connectivity index (χ1v) is 6.01. The first-order chi connectivity index (χ1) is 8.69. The van der Waals surface area contributed by atoms with Gasteiger partial charge in [-0.05, 0) is 35.9 Å². The van der Waals surface area contributed by atoms with E-state index in [-0.39, 0.29) is 0 Å². The van der Waals surface area contributed by atoms with Gasteiger partial charge in [0.1, 0.15) is 12.4 Å². The third kappa shape index (κ3) is 3.16. The van der Waals surface area contributed by atoms with Gasteiger partial charge in [0.25, 0.3) is 0 Å². The van der Waals surface area contributed by atoms with Crippen molar-refractivity contribution >= 4 is 23.2 Å². The standard InChI is InChI=1S/C14H9Cl2NO/c15-12-5-6-14(13(16)7-12)18-9-11-3-1-10(8-17)2-4-11/h1-7H,9H2. The predicted molar refractivity (Wildman–Crippen MR) is 72.0 cm³/mol. The summed E-state index contributed by atoms with van der Waals surface area (Å²) in [6, 6.07) is 14.4. The SMILES string of the molecule is N#Cc1ccc(COc2ccc(Cl)cc2Cl)cc1. The van der Waals surface area contributed by atoms with E-state index < -0.39 is 0 Å². The van der Waals surface area contributed by atoms with Crippen LogP contribution in [0.15, 0.2) is 42.5 Å².